The van der Waals surface area contributed by atoms with E-state index in [2.05, 4.69) is 15.3 Å². The molecule has 1 aliphatic rings. The molecule has 0 spiro atoms. The lowest BCUT2D eigenvalue weighted by molar-refractivity contribution is 0.459. The van der Waals surface area contributed by atoms with Gasteiger partial charge in [-0.2, -0.15) is 0 Å². The lowest BCUT2D eigenvalue weighted by Crippen LogP contribution is -2.20. The molecule has 1 aliphatic heterocycles. The highest BCUT2D eigenvalue weighted by Gasteiger charge is 2.12. The smallest absolute Gasteiger partial charge is 0.150 e. The number of rotatable bonds is 1. The van der Waals surface area contributed by atoms with Gasteiger partial charge in [0.15, 0.2) is 6.17 Å². The molecule has 13 heavy (non-hydrogen) atoms. The van der Waals surface area contributed by atoms with Crippen molar-refractivity contribution in [1.29, 1.82) is 0 Å². The first-order valence-corrected chi connectivity index (χ1v) is 3.95. The average molecular weight is 175 g/mol. The van der Waals surface area contributed by atoms with E-state index in [1.165, 1.54) is 6.34 Å². The van der Waals surface area contributed by atoms with E-state index >= 15 is 0 Å². The van der Waals surface area contributed by atoms with Gasteiger partial charge >= 0.3 is 0 Å². The molecule has 1 unspecified atom stereocenters. The van der Waals surface area contributed by atoms with Crippen LogP contribution in [0, 0.1) is 0 Å². The molecule has 0 bridgehead atoms. The Hall–Kier alpha value is -1.84. The zero-order valence-corrected chi connectivity index (χ0v) is 6.88. The van der Waals surface area contributed by atoms with Crippen molar-refractivity contribution in [2.45, 2.75) is 6.17 Å². The van der Waals surface area contributed by atoms with Crippen LogP contribution in [0.15, 0.2) is 34.3 Å². The summed E-state index contributed by atoms with van der Waals surface area (Å²) in [6.07, 6.45) is 2.80. The molecule has 0 aliphatic carbocycles. The highest BCUT2D eigenvalue weighted by molar-refractivity contribution is 5.73. The summed E-state index contributed by atoms with van der Waals surface area (Å²) in [4.78, 5) is 7.84. The average Bonchev–Trinajstić information content (AvgIpc) is 2.20. The van der Waals surface area contributed by atoms with Crippen molar-refractivity contribution < 1.29 is 5.11 Å². The summed E-state index contributed by atoms with van der Waals surface area (Å²) in [5.74, 6) is 0.243. The lowest BCUT2D eigenvalue weighted by atomic mass is 10.1. The molecular formula is C9H9N3O. The first kappa shape index (κ1) is 7.79. The van der Waals surface area contributed by atoms with Crippen molar-refractivity contribution in [3.8, 4) is 5.75 Å². The van der Waals surface area contributed by atoms with E-state index in [0.29, 0.717) is 0 Å². The molecule has 0 aromatic heterocycles. The number of para-hydroxylation sites is 1. The maximum absolute atomic E-state index is 9.50. The summed E-state index contributed by atoms with van der Waals surface area (Å²) < 4.78 is 0. The van der Waals surface area contributed by atoms with Crippen LogP contribution < -0.4 is 5.32 Å². The van der Waals surface area contributed by atoms with Crippen molar-refractivity contribution in [2.75, 3.05) is 0 Å². The van der Waals surface area contributed by atoms with Crippen molar-refractivity contribution in [3.63, 3.8) is 0 Å². The van der Waals surface area contributed by atoms with Gasteiger partial charge < -0.3 is 10.4 Å². The van der Waals surface area contributed by atoms with E-state index in [4.69, 9.17) is 0 Å². The van der Waals surface area contributed by atoms with Crippen LogP contribution in [0.25, 0.3) is 0 Å². The molecule has 2 rings (SSSR count). The summed E-state index contributed by atoms with van der Waals surface area (Å²) in [5.41, 5.74) is 0.755. The fourth-order valence-corrected chi connectivity index (χ4v) is 1.18. The molecule has 1 aromatic rings. The number of phenols is 1. The highest BCUT2D eigenvalue weighted by Crippen LogP contribution is 2.24. The Morgan fingerprint density at radius 1 is 1.31 bits per heavy atom. The molecule has 0 saturated carbocycles. The van der Waals surface area contributed by atoms with Gasteiger partial charge in [0.1, 0.15) is 12.1 Å². The van der Waals surface area contributed by atoms with Crippen molar-refractivity contribution in [2.24, 2.45) is 9.98 Å². The molecule has 0 fully saturated rings. The van der Waals surface area contributed by atoms with E-state index in [0.717, 1.165) is 5.56 Å². The third kappa shape index (κ3) is 1.51. The molecule has 0 amide bonds. The summed E-state index contributed by atoms with van der Waals surface area (Å²) in [6, 6.07) is 7.10. The van der Waals surface area contributed by atoms with Crippen LogP contribution in [0.3, 0.4) is 0 Å². The summed E-state index contributed by atoms with van der Waals surface area (Å²) in [5, 5.41) is 12.4. The van der Waals surface area contributed by atoms with Gasteiger partial charge in [-0.25, -0.2) is 9.98 Å². The minimum Gasteiger partial charge on any atom is -0.508 e. The normalized spacial score (nSPS) is 19.8. The zero-order valence-electron chi connectivity index (χ0n) is 6.88. The SMILES string of the molecule is Oc1ccccc1C1N=CN=CN1. The molecule has 4 nitrogen and oxygen atoms in total. The van der Waals surface area contributed by atoms with Crippen LogP contribution in [0.1, 0.15) is 11.7 Å². The van der Waals surface area contributed by atoms with Crippen molar-refractivity contribution in [1.82, 2.24) is 5.32 Å². The molecule has 1 atom stereocenters. The van der Waals surface area contributed by atoms with Crippen LogP contribution >= 0.6 is 0 Å². The largest absolute Gasteiger partial charge is 0.508 e. The van der Waals surface area contributed by atoms with Crippen LogP contribution in [0.5, 0.6) is 5.75 Å². The summed E-state index contributed by atoms with van der Waals surface area (Å²) in [6.45, 7) is 0. The molecule has 2 N–H and O–H groups in total. The monoisotopic (exact) mass is 175 g/mol. The molecule has 4 heteroatoms. The second kappa shape index (κ2) is 3.26. The zero-order chi connectivity index (χ0) is 9.10. The van der Waals surface area contributed by atoms with Gasteiger partial charge in [-0.1, -0.05) is 18.2 Å². The van der Waals surface area contributed by atoms with Gasteiger partial charge in [0, 0.05) is 5.56 Å². The van der Waals surface area contributed by atoms with Gasteiger partial charge in [0.2, 0.25) is 0 Å². The Kier molecular flexibility index (Phi) is 1.96. The minimum absolute atomic E-state index is 0.223. The Morgan fingerprint density at radius 2 is 2.15 bits per heavy atom. The number of nitrogens with one attached hydrogen (secondary N) is 1. The number of benzene rings is 1. The maximum Gasteiger partial charge on any atom is 0.150 e. The van der Waals surface area contributed by atoms with E-state index in [1.807, 2.05) is 12.1 Å². The van der Waals surface area contributed by atoms with Crippen molar-refractivity contribution >= 4 is 12.7 Å². The Bertz CT molecular complexity index is 360. The van der Waals surface area contributed by atoms with E-state index in [-0.39, 0.29) is 11.9 Å². The standard InChI is InChI=1S/C9H9N3O/c13-8-4-2-1-3-7(8)9-11-5-10-6-12-9/h1-6,9,13H,(H,10,11,12). The second-order valence-electron chi connectivity index (χ2n) is 2.67. The Balaban J connectivity index is 2.30. The van der Waals surface area contributed by atoms with Gasteiger partial charge in [-0.15, -0.1) is 0 Å². The Labute approximate surface area is 75.7 Å². The van der Waals surface area contributed by atoms with Crippen LogP contribution in [0.4, 0.5) is 0 Å². The summed E-state index contributed by atoms with van der Waals surface area (Å²) in [7, 11) is 0. The number of nitrogens with zero attached hydrogens (tertiary/aromatic N) is 2. The molecule has 1 aromatic carbocycles. The Morgan fingerprint density at radius 3 is 2.85 bits per heavy atom. The quantitative estimate of drug-likeness (QED) is 0.670. The topological polar surface area (TPSA) is 57.0 Å². The molecular weight excluding hydrogens is 166 g/mol. The first-order chi connectivity index (χ1) is 6.38. The fraction of sp³-hybridized carbons (Fsp3) is 0.111. The molecule has 0 saturated heterocycles. The first-order valence-electron chi connectivity index (χ1n) is 3.95. The fourth-order valence-electron chi connectivity index (χ4n) is 1.18. The van der Waals surface area contributed by atoms with Gasteiger partial charge in [0.25, 0.3) is 0 Å². The van der Waals surface area contributed by atoms with Crippen molar-refractivity contribution in [3.05, 3.63) is 29.8 Å². The number of aliphatic imine (C=N–C) groups is 2. The number of hydrogen-bond acceptors (Lipinski definition) is 4. The van der Waals surface area contributed by atoms with E-state index < -0.39 is 0 Å². The van der Waals surface area contributed by atoms with Gasteiger partial charge in [0.05, 0.1) is 6.34 Å². The van der Waals surface area contributed by atoms with Crippen LogP contribution in [0.2, 0.25) is 0 Å². The van der Waals surface area contributed by atoms with Gasteiger partial charge in [-0.3, -0.25) is 0 Å². The van der Waals surface area contributed by atoms with E-state index in [1.54, 1.807) is 18.5 Å². The third-order valence-electron chi connectivity index (χ3n) is 1.82. The molecule has 1 heterocycles. The minimum atomic E-state index is -0.223. The van der Waals surface area contributed by atoms with Crippen LogP contribution in [-0.2, 0) is 0 Å². The molecule has 66 valence electrons. The second-order valence-corrected chi connectivity index (χ2v) is 2.67. The van der Waals surface area contributed by atoms with E-state index in [9.17, 15) is 5.11 Å². The van der Waals surface area contributed by atoms with Crippen LogP contribution in [-0.4, -0.2) is 17.8 Å². The van der Waals surface area contributed by atoms with Gasteiger partial charge in [-0.05, 0) is 6.07 Å². The predicted molar refractivity (Wildman–Crippen MR) is 51.0 cm³/mol. The highest BCUT2D eigenvalue weighted by atomic mass is 16.3. The lowest BCUT2D eigenvalue weighted by Gasteiger charge is -2.15. The summed E-state index contributed by atoms with van der Waals surface area (Å²) >= 11 is 0. The number of aromatic hydroxyl groups is 1. The third-order valence-corrected chi connectivity index (χ3v) is 1.82. The molecule has 0 radical (unpaired) electrons. The number of hydrogen-bond donors (Lipinski definition) is 2. The predicted octanol–water partition coefficient (Wildman–Crippen LogP) is 1.05. The number of phenolic OH excluding ortho intramolecular Hbond substituents is 1. The maximum atomic E-state index is 9.50.